The summed E-state index contributed by atoms with van der Waals surface area (Å²) in [6.07, 6.45) is 3.97. The van der Waals surface area contributed by atoms with Gasteiger partial charge in [0.15, 0.2) is 0 Å². The molecule has 4 atom stereocenters. The van der Waals surface area contributed by atoms with E-state index in [4.69, 9.17) is 5.73 Å². The first-order valence-electron chi connectivity index (χ1n) is 8.97. The van der Waals surface area contributed by atoms with E-state index >= 15 is 0 Å². The van der Waals surface area contributed by atoms with E-state index in [1.54, 1.807) is 16.7 Å². The summed E-state index contributed by atoms with van der Waals surface area (Å²) in [7, 11) is 0. The van der Waals surface area contributed by atoms with Crippen molar-refractivity contribution in [2.45, 2.75) is 51.2 Å². The molecule has 2 aliphatic rings. The van der Waals surface area contributed by atoms with Crippen molar-refractivity contribution < 1.29 is 14.4 Å². The zero-order chi connectivity index (χ0) is 18.6. The average Bonchev–Trinajstić information content (AvgIpc) is 3.11. The molecule has 0 aliphatic carbocycles. The minimum atomic E-state index is -0.690. The van der Waals surface area contributed by atoms with Crippen LogP contribution in [0.25, 0.3) is 0 Å². The van der Waals surface area contributed by atoms with Crippen molar-refractivity contribution in [2.24, 2.45) is 17.6 Å². The van der Waals surface area contributed by atoms with Crippen LogP contribution in [-0.4, -0.2) is 65.8 Å². The normalized spacial score (nSPS) is 25.1. The molecule has 8 heteroatoms. The van der Waals surface area contributed by atoms with Crippen molar-refractivity contribution in [1.82, 2.24) is 15.5 Å². The van der Waals surface area contributed by atoms with Crippen LogP contribution in [0.4, 0.5) is 0 Å². The Hall–Kier alpha value is -1.28. The number of fused-ring (bicyclic) bond motifs is 1. The number of carbonyl (C=O) groups is 3. The van der Waals surface area contributed by atoms with Gasteiger partial charge in [-0.25, -0.2) is 0 Å². The third-order valence-electron chi connectivity index (χ3n) is 4.98. The summed E-state index contributed by atoms with van der Waals surface area (Å²) in [5.74, 6) is 0.472. The first-order valence-corrected chi connectivity index (χ1v) is 10.4. The van der Waals surface area contributed by atoms with Crippen LogP contribution in [0.5, 0.6) is 0 Å². The third-order valence-corrected chi connectivity index (χ3v) is 5.62. The summed E-state index contributed by atoms with van der Waals surface area (Å²) in [4.78, 5) is 38.9. The zero-order valence-electron chi connectivity index (χ0n) is 15.3. The summed E-state index contributed by atoms with van der Waals surface area (Å²) in [6, 6.07) is -1.40. The van der Waals surface area contributed by atoms with Gasteiger partial charge in [-0.1, -0.05) is 13.8 Å². The van der Waals surface area contributed by atoms with Crippen LogP contribution in [-0.2, 0) is 14.4 Å². The lowest BCUT2D eigenvalue weighted by Crippen LogP contribution is -2.54. The Bertz CT molecular complexity index is 514. The van der Waals surface area contributed by atoms with Gasteiger partial charge in [0.2, 0.25) is 17.7 Å². The molecule has 142 valence electrons. The van der Waals surface area contributed by atoms with Crippen LogP contribution in [0.3, 0.4) is 0 Å². The van der Waals surface area contributed by atoms with Gasteiger partial charge in [0.1, 0.15) is 12.1 Å². The molecule has 0 aromatic rings. The van der Waals surface area contributed by atoms with Crippen LogP contribution in [0.15, 0.2) is 0 Å². The molecule has 2 heterocycles. The van der Waals surface area contributed by atoms with Crippen molar-refractivity contribution >= 4 is 29.5 Å². The van der Waals surface area contributed by atoms with Crippen molar-refractivity contribution in [1.29, 1.82) is 0 Å². The number of hydrogen-bond acceptors (Lipinski definition) is 5. The summed E-state index contributed by atoms with van der Waals surface area (Å²) in [5.41, 5.74) is 5.43. The second-order valence-electron chi connectivity index (χ2n) is 7.36. The van der Waals surface area contributed by atoms with Crippen LogP contribution >= 0.6 is 11.8 Å². The molecule has 0 radical (unpaired) electrons. The number of amides is 3. The number of hydrogen-bond donors (Lipinski definition) is 3. The van der Waals surface area contributed by atoms with Gasteiger partial charge in [0, 0.05) is 12.5 Å². The highest BCUT2D eigenvalue weighted by molar-refractivity contribution is 7.98. The molecular weight excluding hydrogens is 340 g/mol. The summed E-state index contributed by atoms with van der Waals surface area (Å²) >= 11 is 1.60. The summed E-state index contributed by atoms with van der Waals surface area (Å²) < 4.78 is 0. The van der Waals surface area contributed by atoms with Gasteiger partial charge in [-0.3, -0.25) is 14.4 Å². The van der Waals surface area contributed by atoms with Crippen molar-refractivity contribution in [3.05, 3.63) is 0 Å². The molecule has 2 fully saturated rings. The fourth-order valence-corrected chi connectivity index (χ4v) is 4.13. The molecule has 2 saturated heterocycles. The summed E-state index contributed by atoms with van der Waals surface area (Å²) in [6.45, 7) is 5.51. The van der Waals surface area contributed by atoms with Gasteiger partial charge in [0.25, 0.3) is 0 Å². The lowest BCUT2D eigenvalue weighted by molar-refractivity contribution is -0.140. The van der Waals surface area contributed by atoms with Crippen molar-refractivity contribution in [3.8, 4) is 0 Å². The van der Waals surface area contributed by atoms with Gasteiger partial charge in [-0.2, -0.15) is 11.8 Å². The van der Waals surface area contributed by atoms with Gasteiger partial charge >= 0.3 is 0 Å². The molecule has 3 amide bonds. The van der Waals surface area contributed by atoms with E-state index in [2.05, 4.69) is 10.6 Å². The Balaban J connectivity index is 2.09. The Morgan fingerprint density at radius 3 is 2.72 bits per heavy atom. The lowest BCUT2D eigenvalue weighted by Gasteiger charge is -2.30. The quantitative estimate of drug-likeness (QED) is 0.528. The van der Waals surface area contributed by atoms with Gasteiger partial charge in [-0.15, -0.1) is 0 Å². The fraction of sp³-hybridized carbons (Fsp3) is 0.824. The van der Waals surface area contributed by atoms with E-state index in [9.17, 15) is 14.4 Å². The molecule has 0 unspecified atom stereocenters. The fourth-order valence-electron chi connectivity index (χ4n) is 3.66. The standard InChI is InChI=1S/C17H30N4O3S/c1-10(2)8-13(16(23)20-12(15(18)22)5-7-25-3)21-9-11-4-6-19-14(11)17(21)24/h10-14,19H,4-9H2,1-3H3,(H2,18,22)(H,20,23)/t11-,12+,13+,14-/m1/s1. The maximum absolute atomic E-state index is 12.9. The first-order chi connectivity index (χ1) is 11.8. The van der Waals surface area contributed by atoms with Crippen LogP contribution in [0, 0.1) is 11.8 Å². The molecule has 0 saturated carbocycles. The van der Waals surface area contributed by atoms with E-state index in [-0.39, 0.29) is 29.7 Å². The lowest BCUT2D eigenvalue weighted by atomic mass is 10.0. The largest absolute Gasteiger partial charge is 0.368 e. The first kappa shape index (κ1) is 20.0. The maximum atomic E-state index is 12.9. The van der Waals surface area contributed by atoms with E-state index in [1.165, 1.54) is 0 Å². The number of likely N-dealkylation sites (tertiary alicyclic amines) is 1. The van der Waals surface area contributed by atoms with E-state index in [0.717, 1.165) is 18.7 Å². The van der Waals surface area contributed by atoms with Crippen LogP contribution in [0.2, 0.25) is 0 Å². The number of primary amides is 1. The predicted octanol–water partition coefficient (Wildman–Crippen LogP) is -0.0554. The molecule has 2 rings (SSSR count). The smallest absolute Gasteiger partial charge is 0.243 e. The van der Waals surface area contributed by atoms with Gasteiger partial charge in [0.05, 0.1) is 6.04 Å². The number of rotatable bonds is 9. The second kappa shape index (κ2) is 8.89. The highest BCUT2D eigenvalue weighted by Gasteiger charge is 2.47. The number of thioether (sulfide) groups is 1. The molecule has 0 aromatic heterocycles. The van der Waals surface area contributed by atoms with Gasteiger partial charge in [-0.05, 0) is 43.7 Å². The Morgan fingerprint density at radius 2 is 2.16 bits per heavy atom. The van der Waals surface area contributed by atoms with E-state index in [1.807, 2.05) is 20.1 Å². The maximum Gasteiger partial charge on any atom is 0.243 e. The van der Waals surface area contributed by atoms with Crippen LogP contribution in [0.1, 0.15) is 33.1 Å². The van der Waals surface area contributed by atoms with Crippen molar-refractivity contribution in [2.75, 3.05) is 25.1 Å². The molecule has 0 spiro atoms. The minimum absolute atomic E-state index is 0.00281. The Kier molecular flexibility index (Phi) is 7.13. The third kappa shape index (κ3) is 4.88. The number of nitrogens with two attached hydrogens (primary N) is 1. The molecule has 0 bridgehead atoms. The van der Waals surface area contributed by atoms with Crippen molar-refractivity contribution in [3.63, 3.8) is 0 Å². The average molecular weight is 371 g/mol. The van der Waals surface area contributed by atoms with Gasteiger partial charge < -0.3 is 21.3 Å². The second-order valence-corrected chi connectivity index (χ2v) is 8.35. The number of nitrogens with zero attached hydrogens (tertiary/aromatic N) is 1. The Morgan fingerprint density at radius 1 is 1.44 bits per heavy atom. The molecule has 2 aliphatic heterocycles. The number of carbonyl (C=O) groups excluding carboxylic acids is 3. The SMILES string of the molecule is CSCC[C@H](NC(=O)[C@H](CC(C)C)N1C[C@H]2CCN[C@H]2C1=O)C(N)=O. The zero-order valence-corrected chi connectivity index (χ0v) is 16.1. The van der Waals surface area contributed by atoms with Crippen LogP contribution < -0.4 is 16.4 Å². The molecular formula is C17H30N4O3S. The van der Waals surface area contributed by atoms with E-state index in [0.29, 0.717) is 19.4 Å². The number of nitrogens with one attached hydrogen (secondary N) is 2. The molecule has 25 heavy (non-hydrogen) atoms. The van der Waals surface area contributed by atoms with E-state index < -0.39 is 18.0 Å². The molecule has 0 aromatic carbocycles. The summed E-state index contributed by atoms with van der Waals surface area (Å²) in [5, 5.41) is 6.01. The monoisotopic (exact) mass is 370 g/mol. The minimum Gasteiger partial charge on any atom is -0.368 e. The topological polar surface area (TPSA) is 105 Å². The predicted molar refractivity (Wildman–Crippen MR) is 99.0 cm³/mol. The Labute approximate surface area is 153 Å². The highest BCUT2D eigenvalue weighted by atomic mass is 32.2. The molecule has 4 N–H and O–H groups in total. The molecule has 7 nitrogen and oxygen atoms in total. The highest BCUT2D eigenvalue weighted by Crippen LogP contribution is 2.29.